The van der Waals surface area contributed by atoms with Crippen molar-refractivity contribution in [1.82, 2.24) is 0 Å². The number of rotatable bonds is 9. The van der Waals surface area contributed by atoms with Crippen molar-refractivity contribution in [3.8, 4) is 12.3 Å². The Labute approximate surface area is 205 Å². The van der Waals surface area contributed by atoms with Crippen molar-refractivity contribution in [1.29, 1.82) is 0 Å². The lowest BCUT2D eigenvalue weighted by Gasteiger charge is -2.58. The van der Waals surface area contributed by atoms with Crippen LogP contribution in [0.4, 0.5) is 0 Å². The number of unbranched alkanes of at least 4 members (excludes halogenated alkanes) is 1. The maximum Gasteiger partial charge on any atom is 0.0612 e. The Morgan fingerprint density at radius 1 is 1.03 bits per heavy atom. The predicted molar refractivity (Wildman–Crippen MR) is 141 cm³/mol. The van der Waals surface area contributed by atoms with Gasteiger partial charge in [-0.25, -0.2) is 0 Å². The molecule has 0 N–H and O–H groups in total. The van der Waals surface area contributed by atoms with Gasteiger partial charge in [-0.1, -0.05) is 65.5 Å². The summed E-state index contributed by atoms with van der Waals surface area (Å²) in [6.45, 7) is 13.5. The monoisotopic (exact) mass is 452 g/mol. The van der Waals surface area contributed by atoms with Crippen LogP contribution in [0.5, 0.6) is 0 Å². The van der Waals surface area contributed by atoms with Crippen LogP contribution in [0, 0.1) is 58.7 Å². The molecular formula is C32H52O. The molecule has 0 aromatic rings. The Hall–Kier alpha value is -0.740. The lowest BCUT2D eigenvalue weighted by molar-refractivity contribution is -0.0640. The molecule has 0 bridgehead atoms. The van der Waals surface area contributed by atoms with Crippen LogP contribution in [-0.4, -0.2) is 12.7 Å². The van der Waals surface area contributed by atoms with Crippen LogP contribution in [0.3, 0.4) is 0 Å². The van der Waals surface area contributed by atoms with Gasteiger partial charge >= 0.3 is 0 Å². The SMILES string of the molecule is C#CCCCO[C@H]1CC[C@@]2(C)C(=CC[C@H]3[C@@H]4CC[C@H]([C@H](C)CCCC(C)C)[C@@]4(C)CC[C@@H]32)C1. The minimum absolute atomic E-state index is 0.426. The average molecular weight is 453 g/mol. The van der Waals surface area contributed by atoms with Crippen molar-refractivity contribution in [2.45, 2.75) is 124 Å². The zero-order valence-electron chi connectivity index (χ0n) is 22.5. The fourth-order valence-electron chi connectivity index (χ4n) is 9.22. The van der Waals surface area contributed by atoms with E-state index < -0.39 is 0 Å². The Balaban J connectivity index is 1.40. The highest BCUT2D eigenvalue weighted by Crippen LogP contribution is 2.67. The highest BCUT2D eigenvalue weighted by Gasteiger charge is 2.59. The van der Waals surface area contributed by atoms with E-state index >= 15 is 0 Å². The van der Waals surface area contributed by atoms with Gasteiger partial charge in [0.2, 0.25) is 0 Å². The van der Waals surface area contributed by atoms with Gasteiger partial charge in [0.1, 0.15) is 0 Å². The summed E-state index contributed by atoms with van der Waals surface area (Å²) in [5.74, 6) is 8.26. The standard InChI is InChI=1S/C32H52O/c1-7-8-9-21-33-26-17-19-31(5)25(22-26)13-14-27-29-16-15-28(24(4)12-10-11-23(2)3)32(29,6)20-18-30(27)31/h1,13,23-24,26-30H,8-12,14-22H2,2-6H3/t24-,26+,27+,28-,29+,30+,31+,32-/m1/s1. The van der Waals surface area contributed by atoms with Crippen LogP contribution in [0.25, 0.3) is 0 Å². The summed E-state index contributed by atoms with van der Waals surface area (Å²) in [4.78, 5) is 0. The maximum atomic E-state index is 6.25. The van der Waals surface area contributed by atoms with Crippen molar-refractivity contribution in [3.63, 3.8) is 0 Å². The molecule has 1 nitrogen and oxygen atoms in total. The Kier molecular flexibility index (Phi) is 8.05. The first-order chi connectivity index (χ1) is 15.8. The van der Waals surface area contributed by atoms with Gasteiger partial charge in [-0.05, 0) is 104 Å². The summed E-state index contributed by atoms with van der Waals surface area (Å²) in [7, 11) is 0. The summed E-state index contributed by atoms with van der Waals surface area (Å²) < 4.78 is 6.25. The van der Waals surface area contributed by atoms with Crippen LogP contribution in [0.15, 0.2) is 11.6 Å². The molecule has 0 unspecified atom stereocenters. The zero-order valence-corrected chi connectivity index (χ0v) is 22.5. The molecule has 0 aromatic carbocycles. The summed E-state index contributed by atoms with van der Waals surface area (Å²) in [5, 5.41) is 0. The first-order valence-electron chi connectivity index (χ1n) is 14.5. The van der Waals surface area contributed by atoms with E-state index in [4.69, 9.17) is 11.2 Å². The topological polar surface area (TPSA) is 9.23 Å². The van der Waals surface area contributed by atoms with E-state index in [9.17, 15) is 0 Å². The Morgan fingerprint density at radius 3 is 2.61 bits per heavy atom. The smallest absolute Gasteiger partial charge is 0.0612 e. The molecule has 3 saturated carbocycles. The second-order valence-electron chi connectivity index (χ2n) is 13.3. The minimum Gasteiger partial charge on any atom is -0.378 e. The number of fused-ring (bicyclic) bond motifs is 5. The van der Waals surface area contributed by atoms with Crippen LogP contribution in [0.2, 0.25) is 0 Å². The second kappa shape index (κ2) is 10.5. The lowest BCUT2D eigenvalue weighted by Crippen LogP contribution is -2.51. The second-order valence-corrected chi connectivity index (χ2v) is 13.3. The molecule has 186 valence electrons. The van der Waals surface area contributed by atoms with Gasteiger partial charge in [-0.2, -0.15) is 0 Å². The predicted octanol–water partition coefficient (Wildman–Crippen LogP) is 8.83. The third-order valence-electron chi connectivity index (χ3n) is 11.1. The number of hydrogen-bond acceptors (Lipinski definition) is 1. The molecule has 0 saturated heterocycles. The van der Waals surface area contributed by atoms with E-state index in [-0.39, 0.29) is 0 Å². The fraction of sp³-hybridized carbons (Fsp3) is 0.875. The van der Waals surface area contributed by atoms with Crippen molar-refractivity contribution in [3.05, 3.63) is 11.6 Å². The maximum absolute atomic E-state index is 6.25. The van der Waals surface area contributed by atoms with Gasteiger partial charge in [0, 0.05) is 13.0 Å². The van der Waals surface area contributed by atoms with E-state index in [1.165, 1.54) is 70.6 Å². The third kappa shape index (κ3) is 4.99. The Bertz CT molecular complexity index is 727. The van der Waals surface area contributed by atoms with Gasteiger partial charge in [-0.3, -0.25) is 0 Å². The number of ether oxygens (including phenoxy) is 1. The normalized spacial score (nSPS) is 41.0. The molecule has 0 aliphatic heterocycles. The van der Waals surface area contributed by atoms with Crippen LogP contribution in [0.1, 0.15) is 118 Å². The molecule has 33 heavy (non-hydrogen) atoms. The van der Waals surface area contributed by atoms with Gasteiger partial charge in [-0.15, -0.1) is 12.3 Å². The number of terminal acetylenes is 1. The highest BCUT2D eigenvalue weighted by molar-refractivity contribution is 5.25. The molecule has 0 aromatic heterocycles. The molecule has 0 spiro atoms. The number of allylic oxidation sites excluding steroid dienone is 1. The summed E-state index contributed by atoms with van der Waals surface area (Å²) in [5.41, 5.74) is 2.78. The first kappa shape index (κ1) is 25.4. The molecule has 4 aliphatic carbocycles. The molecule has 1 heteroatoms. The Morgan fingerprint density at radius 2 is 1.85 bits per heavy atom. The van der Waals surface area contributed by atoms with Gasteiger partial charge in [0.15, 0.2) is 0 Å². The van der Waals surface area contributed by atoms with Crippen molar-refractivity contribution >= 4 is 0 Å². The van der Waals surface area contributed by atoms with Crippen molar-refractivity contribution < 1.29 is 4.74 Å². The molecule has 4 aliphatic rings. The molecule has 0 radical (unpaired) electrons. The van der Waals surface area contributed by atoms with E-state index in [0.717, 1.165) is 55.0 Å². The number of hydrogen-bond donors (Lipinski definition) is 0. The fourth-order valence-corrected chi connectivity index (χ4v) is 9.22. The van der Waals surface area contributed by atoms with Gasteiger partial charge in [0.25, 0.3) is 0 Å². The largest absolute Gasteiger partial charge is 0.378 e. The molecule has 8 atom stereocenters. The summed E-state index contributed by atoms with van der Waals surface area (Å²) in [6.07, 6.45) is 25.7. The van der Waals surface area contributed by atoms with Gasteiger partial charge < -0.3 is 4.74 Å². The quantitative estimate of drug-likeness (QED) is 0.193. The summed E-state index contributed by atoms with van der Waals surface area (Å²) >= 11 is 0. The molecule has 3 fully saturated rings. The van der Waals surface area contributed by atoms with Crippen LogP contribution < -0.4 is 0 Å². The first-order valence-corrected chi connectivity index (χ1v) is 14.5. The lowest BCUT2D eigenvalue weighted by atomic mass is 9.47. The average Bonchev–Trinajstić information content (AvgIpc) is 3.14. The zero-order chi connectivity index (χ0) is 23.6. The molecule has 0 heterocycles. The highest BCUT2D eigenvalue weighted by atomic mass is 16.5. The van der Waals surface area contributed by atoms with E-state index in [0.29, 0.717) is 16.9 Å². The molecule has 0 amide bonds. The van der Waals surface area contributed by atoms with E-state index in [1.807, 2.05) is 0 Å². The van der Waals surface area contributed by atoms with Gasteiger partial charge in [0.05, 0.1) is 6.10 Å². The minimum atomic E-state index is 0.426. The third-order valence-corrected chi connectivity index (χ3v) is 11.1. The van der Waals surface area contributed by atoms with E-state index in [1.54, 1.807) is 5.57 Å². The molecule has 4 rings (SSSR count). The van der Waals surface area contributed by atoms with E-state index in [2.05, 4.69) is 46.6 Å². The molecular weight excluding hydrogens is 400 g/mol. The van der Waals surface area contributed by atoms with Crippen LogP contribution in [-0.2, 0) is 4.74 Å². The summed E-state index contributed by atoms with van der Waals surface area (Å²) in [6, 6.07) is 0. The van der Waals surface area contributed by atoms with Crippen LogP contribution >= 0.6 is 0 Å². The van der Waals surface area contributed by atoms with Crippen molar-refractivity contribution in [2.75, 3.05) is 6.61 Å². The van der Waals surface area contributed by atoms with Crippen molar-refractivity contribution in [2.24, 2.45) is 46.3 Å².